The number of rotatable bonds is 28. The number of carbonyl (C=O) groups is 2. The molecule has 0 saturated carbocycles. The molecule has 0 aromatic carbocycles. The lowest BCUT2D eigenvalue weighted by atomic mass is 10.1. The normalized spacial score (nSPS) is 17.4. The van der Waals surface area contributed by atoms with Gasteiger partial charge < -0.3 is 19.3 Å². The molecule has 0 aliphatic carbocycles. The van der Waals surface area contributed by atoms with Crippen molar-refractivity contribution in [3.05, 3.63) is 12.2 Å². The summed E-state index contributed by atoms with van der Waals surface area (Å²) in [6, 6.07) is 0. The van der Waals surface area contributed by atoms with Gasteiger partial charge in [-0.05, 0) is 38.5 Å². The van der Waals surface area contributed by atoms with Crippen LogP contribution in [0.2, 0.25) is 0 Å². The number of hydrogen-bond donors (Lipinski definition) is 1. The molecule has 39 heavy (non-hydrogen) atoms. The van der Waals surface area contributed by atoms with Gasteiger partial charge >= 0.3 is 11.9 Å². The van der Waals surface area contributed by atoms with E-state index >= 15 is 0 Å². The number of aliphatic hydroxyl groups excluding tert-OH is 1. The Bertz CT molecular complexity index is 619. The lowest BCUT2D eigenvalue weighted by Gasteiger charge is -2.15. The largest absolute Gasteiger partial charge is 0.462 e. The molecule has 0 radical (unpaired) electrons. The van der Waals surface area contributed by atoms with Gasteiger partial charge in [-0.1, -0.05) is 116 Å². The van der Waals surface area contributed by atoms with Crippen molar-refractivity contribution in [2.45, 2.75) is 173 Å². The first-order chi connectivity index (χ1) is 19.1. The zero-order chi connectivity index (χ0) is 28.4. The molecule has 1 saturated heterocycles. The van der Waals surface area contributed by atoms with Crippen molar-refractivity contribution in [3.63, 3.8) is 0 Å². The second-order valence-corrected chi connectivity index (χ2v) is 11.3. The van der Waals surface area contributed by atoms with E-state index in [1.807, 2.05) is 0 Å². The van der Waals surface area contributed by atoms with Crippen LogP contribution in [0, 0.1) is 0 Å². The molecule has 0 amide bonds. The molecule has 228 valence electrons. The number of epoxide rings is 1. The molecule has 0 bridgehead atoms. The van der Waals surface area contributed by atoms with Gasteiger partial charge in [0.25, 0.3) is 0 Å². The number of unbranched alkanes of at least 4 members (excludes halogenated alkanes) is 15. The predicted octanol–water partition coefficient (Wildman–Crippen LogP) is 8.38. The molecule has 0 spiro atoms. The van der Waals surface area contributed by atoms with Crippen LogP contribution in [0.3, 0.4) is 0 Å². The molecular formula is C33H60O6. The molecular weight excluding hydrogens is 492 g/mol. The maximum atomic E-state index is 12.0. The Kier molecular flexibility index (Phi) is 23.3. The molecule has 6 heteroatoms. The number of allylic oxidation sites excluding steroid dienone is 1. The Morgan fingerprint density at radius 1 is 0.718 bits per heavy atom. The summed E-state index contributed by atoms with van der Waals surface area (Å²) < 4.78 is 16.2. The quantitative estimate of drug-likeness (QED) is 0.0454. The van der Waals surface area contributed by atoms with Crippen molar-refractivity contribution in [2.24, 2.45) is 0 Å². The summed E-state index contributed by atoms with van der Waals surface area (Å²) in [6.45, 7) is 4.05. The predicted molar refractivity (Wildman–Crippen MR) is 159 cm³/mol. The van der Waals surface area contributed by atoms with Gasteiger partial charge in [-0.25, -0.2) is 0 Å². The Labute approximate surface area is 239 Å². The highest BCUT2D eigenvalue weighted by Crippen LogP contribution is 2.30. The maximum Gasteiger partial charge on any atom is 0.306 e. The van der Waals surface area contributed by atoms with Gasteiger partial charge in [0, 0.05) is 12.8 Å². The third-order valence-electron chi connectivity index (χ3n) is 7.48. The molecule has 1 aliphatic heterocycles. The van der Waals surface area contributed by atoms with Crippen molar-refractivity contribution >= 4 is 11.9 Å². The van der Waals surface area contributed by atoms with Crippen LogP contribution in [-0.4, -0.2) is 48.6 Å². The van der Waals surface area contributed by atoms with Crippen molar-refractivity contribution in [1.82, 2.24) is 0 Å². The zero-order valence-electron chi connectivity index (χ0n) is 25.3. The Morgan fingerprint density at radius 2 is 1.28 bits per heavy atom. The average Bonchev–Trinajstić information content (AvgIpc) is 3.69. The smallest absolute Gasteiger partial charge is 0.306 e. The SMILES string of the molecule is CCCCCCCCCCCC(=O)O[C@@H](CO)COC(=O)CCCCCCC/C=C\CC1OC1CCCCC. The molecule has 6 nitrogen and oxygen atoms in total. The van der Waals surface area contributed by atoms with Crippen LogP contribution in [0.15, 0.2) is 12.2 Å². The van der Waals surface area contributed by atoms with Crippen LogP contribution < -0.4 is 0 Å². The highest BCUT2D eigenvalue weighted by molar-refractivity contribution is 5.70. The summed E-state index contributed by atoms with van der Waals surface area (Å²) in [5.74, 6) is -0.614. The van der Waals surface area contributed by atoms with Crippen molar-refractivity contribution in [3.8, 4) is 0 Å². The van der Waals surface area contributed by atoms with E-state index in [9.17, 15) is 14.7 Å². The zero-order valence-corrected chi connectivity index (χ0v) is 25.3. The molecule has 1 heterocycles. The van der Waals surface area contributed by atoms with Crippen molar-refractivity contribution < 1.29 is 28.9 Å². The first-order valence-corrected chi connectivity index (χ1v) is 16.4. The molecule has 3 atom stereocenters. The number of carbonyl (C=O) groups excluding carboxylic acids is 2. The Balaban J connectivity index is 1.91. The van der Waals surface area contributed by atoms with Crippen molar-refractivity contribution in [2.75, 3.05) is 13.2 Å². The number of ether oxygens (including phenoxy) is 3. The molecule has 1 fully saturated rings. The van der Waals surface area contributed by atoms with E-state index in [1.165, 1.54) is 77.0 Å². The highest BCUT2D eigenvalue weighted by atomic mass is 16.6. The van der Waals surface area contributed by atoms with E-state index in [-0.39, 0.29) is 25.2 Å². The number of aliphatic hydroxyl groups is 1. The fourth-order valence-electron chi connectivity index (χ4n) is 4.85. The lowest BCUT2D eigenvalue weighted by Crippen LogP contribution is -2.28. The first kappa shape index (κ1) is 35.6. The van der Waals surface area contributed by atoms with Crippen LogP contribution in [0.1, 0.15) is 155 Å². The highest BCUT2D eigenvalue weighted by Gasteiger charge is 2.36. The third kappa shape index (κ3) is 22.0. The Hall–Kier alpha value is -1.40. The van der Waals surface area contributed by atoms with Gasteiger partial charge in [-0.15, -0.1) is 0 Å². The summed E-state index contributed by atoms with van der Waals surface area (Å²) in [7, 11) is 0. The first-order valence-electron chi connectivity index (χ1n) is 16.4. The minimum Gasteiger partial charge on any atom is -0.462 e. The van der Waals surface area contributed by atoms with Crippen molar-refractivity contribution in [1.29, 1.82) is 0 Å². The van der Waals surface area contributed by atoms with Crippen LogP contribution in [0.5, 0.6) is 0 Å². The summed E-state index contributed by atoms with van der Waals surface area (Å²) in [5, 5.41) is 9.47. The molecule has 0 aromatic heterocycles. The van der Waals surface area contributed by atoms with Crippen LogP contribution >= 0.6 is 0 Å². The molecule has 1 rings (SSSR count). The average molecular weight is 553 g/mol. The van der Waals surface area contributed by atoms with Gasteiger partial charge in [-0.3, -0.25) is 9.59 Å². The second kappa shape index (κ2) is 25.6. The van der Waals surface area contributed by atoms with Gasteiger partial charge in [0.1, 0.15) is 6.61 Å². The minimum atomic E-state index is -0.772. The second-order valence-electron chi connectivity index (χ2n) is 11.3. The summed E-state index contributed by atoms with van der Waals surface area (Å²) in [6.07, 6.45) is 28.7. The van der Waals surface area contributed by atoms with Gasteiger partial charge in [0.2, 0.25) is 0 Å². The topological polar surface area (TPSA) is 85.4 Å². The van der Waals surface area contributed by atoms with Gasteiger partial charge in [0.15, 0.2) is 6.10 Å². The van der Waals surface area contributed by atoms with E-state index in [4.69, 9.17) is 14.2 Å². The summed E-state index contributed by atoms with van der Waals surface area (Å²) in [4.78, 5) is 24.0. The maximum absolute atomic E-state index is 12.0. The molecule has 1 aliphatic rings. The van der Waals surface area contributed by atoms with Crippen LogP contribution in [0.25, 0.3) is 0 Å². The van der Waals surface area contributed by atoms with Crippen LogP contribution in [0.4, 0.5) is 0 Å². The standard InChI is InChI=1S/C33H60O6/c1-3-5-7-8-9-10-15-18-22-26-33(36)38-29(27-34)28-37-32(35)25-21-17-14-12-11-13-16-20-24-31-30(39-31)23-19-6-4-2/h16,20,29-31,34H,3-15,17-19,21-28H2,1-2H3/b20-16-/t29-,30?,31?/m0/s1. The van der Waals surface area contributed by atoms with E-state index < -0.39 is 6.10 Å². The minimum absolute atomic E-state index is 0.0729. The number of esters is 2. The van der Waals surface area contributed by atoms with Crippen LogP contribution in [-0.2, 0) is 23.8 Å². The fraction of sp³-hybridized carbons (Fsp3) is 0.879. The van der Waals surface area contributed by atoms with E-state index in [0.717, 1.165) is 51.4 Å². The summed E-state index contributed by atoms with van der Waals surface area (Å²) in [5.41, 5.74) is 0. The Morgan fingerprint density at radius 3 is 1.92 bits per heavy atom. The van der Waals surface area contributed by atoms with E-state index in [0.29, 0.717) is 25.0 Å². The fourth-order valence-corrected chi connectivity index (χ4v) is 4.85. The third-order valence-corrected chi connectivity index (χ3v) is 7.48. The van der Waals surface area contributed by atoms with Gasteiger partial charge in [-0.2, -0.15) is 0 Å². The van der Waals surface area contributed by atoms with E-state index in [1.54, 1.807) is 0 Å². The summed E-state index contributed by atoms with van der Waals surface area (Å²) >= 11 is 0. The monoisotopic (exact) mass is 552 g/mol. The molecule has 2 unspecified atom stereocenters. The molecule has 1 N–H and O–H groups in total. The number of hydrogen-bond acceptors (Lipinski definition) is 6. The lowest BCUT2D eigenvalue weighted by molar-refractivity contribution is -0.161. The van der Waals surface area contributed by atoms with Gasteiger partial charge in [0.05, 0.1) is 18.8 Å². The van der Waals surface area contributed by atoms with E-state index in [2.05, 4.69) is 26.0 Å². The molecule has 0 aromatic rings.